The van der Waals surface area contributed by atoms with Gasteiger partial charge < -0.3 is 25.8 Å². The molecule has 2 amide bonds. The summed E-state index contributed by atoms with van der Waals surface area (Å²) < 4.78 is 7.67. The Bertz CT molecular complexity index is 898. The molecule has 168 valence electrons. The predicted octanol–water partition coefficient (Wildman–Crippen LogP) is -0.203. The average molecular weight is 431 g/mol. The maximum Gasteiger partial charge on any atom is 0.252 e. The highest BCUT2D eigenvalue weighted by Crippen LogP contribution is 2.20. The van der Waals surface area contributed by atoms with Crippen LogP contribution in [0.5, 0.6) is 5.75 Å². The molecule has 0 fully saturated rings. The summed E-state index contributed by atoms with van der Waals surface area (Å²) in [5.74, 6) is -0.287. The molecule has 0 aliphatic carbocycles. The van der Waals surface area contributed by atoms with E-state index in [4.69, 9.17) is 4.74 Å². The summed E-state index contributed by atoms with van der Waals surface area (Å²) in [7, 11) is 0. The van der Waals surface area contributed by atoms with Crippen LogP contribution in [0.4, 0.5) is 0 Å². The van der Waals surface area contributed by atoms with Crippen LogP contribution in [-0.2, 0) is 17.8 Å². The molecule has 4 N–H and O–H groups in total. The minimum Gasteiger partial charge on any atom is -0.493 e. The van der Waals surface area contributed by atoms with Crippen molar-refractivity contribution in [2.75, 3.05) is 26.2 Å². The lowest BCUT2D eigenvalue weighted by Crippen LogP contribution is -2.53. The molecule has 0 radical (unpaired) electrons. The van der Waals surface area contributed by atoms with E-state index in [0.29, 0.717) is 44.1 Å². The number of carbonyl (C=O) groups excluding carboxylic acids is 2. The number of ether oxygens (including phenoxy) is 1. The van der Waals surface area contributed by atoms with Crippen LogP contribution in [0.25, 0.3) is 0 Å². The van der Waals surface area contributed by atoms with Crippen LogP contribution in [0.1, 0.15) is 35.0 Å². The van der Waals surface area contributed by atoms with Gasteiger partial charge in [0.2, 0.25) is 5.91 Å². The molecule has 31 heavy (non-hydrogen) atoms. The van der Waals surface area contributed by atoms with Crippen molar-refractivity contribution in [2.45, 2.75) is 45.4 Å². The third kappa shape index (κ3) is 6.50. The van der Waals surface area contributed by atoms with Crippen molar-refractivity contribution >= 4 is 11.8 Å². The molecule has 1 aromatic carbocycles. The Hall–Kier alpha value is -2.98. The summed E-state index contributed by atoms with van der Waals surface area (Å²) in [6, 6.07) is 4.06. The fourth-order valence-electron chi connectivity index (χ4n) is 3.22. The van der Waals surface area contributed by atoms with Gasteiger partial charge in [-0.2, -0.15) is 0 Å². The van der Waals surface area contributed by atoms with Gasteiger partial charge in [0.15, 0.2) is 0 Å². The average Bonchev–Trinajstić information content (AvgIpc) is 3.19. The first-order valence-electron chi connectivity index (χ1n) is 10.5. The van der Waals surface area contributed by atoms with Crippen molar-refractivity contribution < 1.29 is 19.4 Å². The van der Waals surface area contributed by atoms with Crippen LogP contribution < -0.4 is 20.7 Å². The summed E-state index contributed by atoms with van der Waals surface area (Å²) >= 11 is 0. The number of aliphatic hydroxyl groups is 1. The molecule has 1 aliphatic rings. The number of benzene rings is 1. The molecule has 3 rings (SSSR count). The number of carbonyl (C=O) groups is 2. The second kappa shape index (κ2) is 10.9. The van der Waals surface area contributed by atoms with Gasteiger partial charge in [0, 0.05) is 50.8 Å². The van der Waals surface area contributed by atoms with Gasteiger partial charge in [-0.05, 0) is 31.5 Å². The van der Waals surface area contributed by atoms with E-state index in [-0.39, 0.29) is 0 Å². The standard InChI is InChI=1S/C21H30N6O4/c1-14-4-5-16-12-18(14)31-11-3-10-27-13-17(25-26-27)6-7-22-8-9-23-21(30)19(15(2)28)24-20(16)29/h4-5,12-13,15,19,22,28H,3,6-11H2,1-2H3,(H,23,30)(H,24,29)/t15-,19+/m1/s1. The number of rotatable bonds is 1. The molecule has 2 atom stereocenters. The van der Waals surface area contributed by atoms with E-state index in [1.165, 1.54) is 6.92 Å². The maximum atomic E-state index is 12.7. The van der Waals surface area contributed by atoms with Gasteiger partial charge in [-0.1, -0.05) is 11.3 Å². The largest absolute Gasteiger partial charge is 0.493 e. The number of hydrogen-bond acceptors (Lipinski definition) is 7. The molecule has 2 aromatic rings. The van der Waals surface area contributed by atoms with Crippen LogP contribution in [0.3, 0.4) is 0 Å². The molecule has 10 heteroatoms. The number of nitrogens with one attached hydrogen (secondary N) is 3. The Balaban J connectivity index is 1.75. The monoisotopic (exact) mass is 430 g/mol. The number of aryl methyl sites for hydroxylation is 2. The fraction of sp³-hybridized carbons (Fsp3) is 0.524. The van der Waals surface area contributed by atoms with E-state index in [0.717, 1.165) is 24.1 Å². The third-order valence-electron chi connectivity index (χ3n) is 5.04. The third-order valence-corrected chi connectivity index (χ3v) is 5.04. The molecule has 0 unspecified atom stereocenters. The summed E-state index contributed by atoms with van der Waals surface area (Å²) in [6.45, 7) is 6.13. The number of aromatic nitrogens is 3. The number of aliphatic hydroxyl groups excluding tert-OH is 1. The summed E-state index contributed by atoms with van der Waals surface area (Å²) in [5.41, 5.74) is 2.15. The molecule has 1 aromatic heterocycles. The molecular weight excluding hydrogens is 400 g/mol. The molecule has 10 nitrogen and oxygen atoms in total. The zero-order chi connectivity index (χ0) is 22.2. The number of nitrogens with zero attached hydrogens (tertiary/aromatic N) is 3. The molecule has 4 bridgehead atoms. The van der Waals surface area contributed by atoms with E-state index in [1.807, 2.05) is 13.1 Å². The molecular formula is C21H30N6O4. The molecule has 0 spiro atoms. The van der Waals surface area contributed by atoms with E-state index in [2.05, 4.69) is 26.3 Å². The Morgan fingerprint density at radius 2 is 2.10 bits per heavy atom. The first-order valence-corrected chi connectivity index (χ1v) is 10.5. The topological polar surface area (TPSA) is 130 Å². The number of amides is 2. The van der Waals surface area contributed by atoms with E-state index in [9.17, 15) is 14.7 Å². The Morgan fingerprint density at radius 1 is 1.26 bits per heavy atom. The van der Waals surface area contributed by atoms with Crippen LogP contribution in [-0.4, -0.2) is 70.3 Å². The van der Waals surface area contributed by atoms with Crippen molar-refractivity contribution in [3.8, 4) is 5.75 Å². The van der Waals surface area contributed by atoms with Crippen LogP contribution >= 0.6 is 0 Å². The summed E-state index contributed by atoms with van der Waals surface area (Å²) in [4.78, 5) is 25.2. The van der Waals surface area contributed by atoms with E-state index < -0.39 is 24.0 Å². The zero-order valence-corrected chi connectivity index (χ0v) is 17.9. The Morgan fingerprint density at radius 3 is 2.90 bits per heavy atom. The highest BCUT2D eigenvalue weighted by molar-refractivity contribution is 5.98. The first kappa shape index (κ1) is 22.7. The van der Waals surface area contributed by atoms with E-state index >= 15 is 0 Å². The van der Waals surface area contributed by atoms with Crippen molar-refractivity contribution in [1.29, 1.82) is 0 Å². The lowest BCUT2D eigenvalue weighted by molar-refractivity contribution is -0.125. The zero-order valence-electron chi connectivity index (χ0n) is 17.9. The minimum absolute atomic E-state index is 0.357. The highest BCUT2D eigenvalue weighted by atomic mass is 16.5. The second-order valence-corrected chi connectivity index (χ2v) is 7.64. The lowest BCUT2D eigenvalue weighted by atomic mass is 10.1. The molecule has 0 saturated carbocycles. The molecule has 0 saturated heterocycles. The predicted molar refractivity (Wildman–Crippen MR) is 114 cm³/mol. The van der Waals surface area contributed by atoms with Crippen molar-refractivity contribution in [3.05, 3.63) is 41.2 Å². The smallest absolute Gasteiger partial charge is 0.252 e. The van der Waals surface area contributed by atoms with Gasteiger partial charge in [-0.15, -0.1) is 5.10 Å². The molecule has 1 aliphatic heterocycles. The van der Waals surface area contributed by atoms with Crippen molar-refractivity contribution in [1.82, 2.24) is 30.9 Å². The SMILES string of the molecule is Cc1ccc2cc1OCCCn1cc(nn1)CCNCCNC(=O)[C@H]([C@@H](C)O)NC2=O. The lowest BCUT2D eigenvalue weighted by Gasteiger charge is -2.21. The van der Waals surface area contributed by atoms with Crippen molar-refractivity contribution in [2.24, 2.45) is 0 Å². The Labute approximate surface area is 181 Å². The van der Waals surface area contributed by atoms with Gasteiger partial charge in [-0.25, -0.2) is 0 Å². The van der Waals surface area contributed by atoms with Gasteiger partial charge in [-0.3, -0.25) is 14.3 Å². The van der Waals surface area contributed by atoms with Crippen LogP contribution in [0.15, 0.2) is 24.4 Å². The first-order chi connectivity index (χ1) is 14.9. The van der Waals surface area contributed by atoms with Gasteiger partial charge in [0.1, 0.15) is 11.8 Å². The Kier molecular flexibility index (Phi) is 7.96. The minimum atomic E-state index is -1.06. The van der Waals surface area contributed by atoms with Gasteiger partial charge >= 0.3 is 0 Å². The molecule has 2 heterocycles. The summed E-state index contributed by atoms with van der Waals surface area (Å²) in [6.07, 6.45) is 2.34. The quantitative estimate of drug-likeness (QED) is 0.493. The maximum absolute atomic E-state index is 12.7. The van der Waals surface area contributed by atoms with Crippen molar-refractivity contribution in [3.63, 3.8) is 0 Å². The van der Waals surface area contributed by atoms with Gasteiger partial charge in [0.25, 0.3) is 5.91 Å². The summed E-state index contributed by atoms with van der Waals surface area (Å²) in [5, 5.41) is 26.9. The second-order valence-electron chi connectivity index (χ2n) is 7.64. The van der Waals surface area contributed by atoms with Crippen LogP contribution in [0, 0.1) is 6.92 Å². The normalized spacial score (nSPS) is 20.2. The number of fused-ring (bicyclic) bond motifs is 4. The fourth-order valence-corrected chi connectivity index (χ4v) is 3.22. The highest BCUT2D eigenvalue weighted by Gasteiger charge is 2.26. The van der Waals surface area contributed by atoms with Crippen LogP contribution in [0.2, 0.25) is 0 Å². The van der Waals surface area contributed by atoms with E-state index in [1.54, 1.807) is 22.9 Å². The van der Waals surface area contributed by atoms with Gasteiger partial charge in [0.05, 0.1) is 18.4 Å². The number of hydrogen-bond donors (Lipinski definition) is 4.